The number of carboxylic acid groups (broad SMARTS) is 1. The lowest BCUT2D eigenvalue weighted by molar-refractivity contribution is -0.115. The van der Waals surface area contributed by atoms with Crippen molar-refractivity contribution >= 4 is 46.6 Å². The largest absolute Gasteiger partial charge is 0.478 e. The molecular weight excluding hydrogens is 396 g/mol. The maximum absolute atomic E-state index is 13.1. The van der Waals surface area contributed by atoms with E-state index in [0.29, 0.717) is 5.69 Å². The fourth-order valence-electron chi connectivity index (χ4n) is 2.54. The van der Waals surface area contributed by atoms with Gasteiger partial charge in [0, 0.05) is 10.6 Å². The fourth-order valence-corrected chi connectivity index (χ4v) is 3.72. The Balaban J connectivity index is 1.90. The van der Waals surface area contributed by atoms with Gasteiger partial charge < -0.3 is 16.2 Å². The Morgan fingerprint density at radius 1 is 1.00 bits per heavy atom. The summed E-state index contributed by atoms with van der Waals surface area (Å²) in [5.74, 6) is -1.40. The maximum Gasteiger partial charge on any atom is 0.335 e. The molecular formula is C21H17ClN2O3S. The number of carboxylic acids is 1. The van der Waals surface area contributed by atoms with Crippen LogP contribution in [0.15, 0.2) is 77.7 Å². The van der Waals surface area contributed by atoms with Crippen molar-refractivity contribution in [1.82, 2.24) is 0 Å². The molecule has 0 aliphatic carbocycles. The number of carbonyl (C=O) groups is 2. The predicted molar refractivity (Wildman–Crippen MR) is 113 cm³/mol. The Hall–Kier alpha value is -2.96. The molecule has 0 aliphatic rings. The van der Waals surface area contributed by atoms with Crippen molar-refractivity contribution in [3.05, 3.63) is 88.9 Å². The van der Waals surface area contributed by atoms with Crippen LogP contribution in [0.1, 0.15) is 21.2 Å². The minimum Gasteiger partial charge on any atom is -0.478 e. The van der Waals surface area contributed by atoms with Gasteiger partial charge in [0.15, 0.2) is 0 Å². The Morgan fingerprint density at radius 3 is 2.32 bits per heavy atom. The number of halogens is 1. The molecule has 3 rings (SSSR count). The average molecular weight is 413 g/mol. The van der Waals surface area contributed by atoms with Crippen molar-refractivity contribution in [3.63, 3.8) is 0 Å². The highest BCUT2D eigenvalue weighted by Crippen LogP contribution is 2.37. The van der Waals surface area contributed by atoms with E-state index < -0.39 is 11.2 Å². The zero-order valence-corrected chi connectivity index (χ0v) is 16.2. The van der Waals surface area contributed by atoms with Crippen LogP contribution in [0.2, 0.25) is 5.02 Å². The second-order valence-electron chi connectivity index (χ2n) is 5.97. The number of carbonyl (C=O) groups excluding carboxylic acids is 1. The molecule has 0 heterocycles. The summed E-state index contributed by atoms with van der Waals surface area (Å²) in [4.78, 5) is 25.1. The van der Waals surface area contributed by atoms with E-state index in [4.69, 9.17) is 22.4 Å². The molecule has 3 aromatic carbocycles. The third kappa shape index (κ3) is 4.85. The van der Waals surface area contributed by atoms with Gasteiger partial charge in [-0.25, -0.2) is 4.79 Å². The number of hydrogen-bond donors (Lipinski definition) is 3. The van der Waals surface area contributed by atoms with Crippen LogP contribution in [0, 0.1) is 0 Å². The van der Waals surface area contributed by atoms with Gasteiger partial charge in [-0.05, 0) is 48.0 Å². The van der Waals surface area contributed by atoms with Crippen molar-refractivity contribution in [3.8, 4) is 0 Å². The van der Waals surface area contributed by atoms with E-state index >= 15 is 0 Å². The number of amides is 1. The molecule has 0 fully saturated rings. The monoisotopic (exact) mass is 412 g/mol. The molecule has 3 aromatic rings. The molecule has 1 amide bonds. The van der Waals surface area contributed by atoms with E-state index in [9.17, 15) is 9.59 Å². The van der Waals surface area contributed by atoms with E-state index in [1.165, 1.54) is 30.0 Å². The highest BCUT2D eigenvalue weighted by atomic mass is 35.5. The Labute approximate surface area is 171 Å². The first-order valence-corrected chi connectivity index (χ1v) is 9.60. The molecule has 1 unspecified atom stereocenters. The number of benzene rings is 3. The van der Waals surface area contributed by atoms with Gasteiger partial charge in [-0.1, -0.05) is 41.9 Å². The second-order valence-corrected chi connectivity index (χ2v) is 7.55. The van der Waals surface area contributed by atoms with Gasteiger partial charge in [-0.15, -0.1) is 11.8 Å². The standard InChI is InChI=1S/C21H17ClN2O3S/c22-17-11-6-14(21(26)27)12-18(17)24-20(25)19(13-4-2-1-3-5-13)28-16-9-7-15(23)8-10-16/h1-12,19H,23H2,(H,24,25)(H,26,27). The molecule has 28 heavy (non-hydrogen) atoms. The van der Waals surface area contributed by atoms with Crippen LogP contribution < -0.4 is 11.1 Å². The van der Waals surface area contributed by atoms with Gasteiger partial charge in [0.25, 0.3) is 0 Å². The molecule has 142 valence electrons. The number of hydrogen-bond acceptors (Lipinski definition) is 4. The number of aromatic carboxylic acids is 1. The molecule has 1 atom stereocenters. The summed E-state index contributed by atoms with van der Waals surface area (Å²) in [5, 5.41) is 11.6. The molecule has 0 radical (unpaired) electrons. The van der Waals surface area contributed by atoms with Crippen LogP contribution in [0.4, 0.5) is 11.4 Å². The third-order valence-corrected chi connectivity index (χ3v) is 5.54. The number of anilines is 2. The Kier molecular flexibility index (Phi) is 6.23. The summed E-state index contributed by atoms with van der Waals surface area (Å²) >= 11 is 7.51. The quantitative estimate of drug-likeness (QED) is 0.387. The van der Waals surface area contributed by atoms with Crippen LogP contribution in [0.25, 0.3) is 0 Å². The SMILES string of the molecule is Nc1ccc(SC(C(=O)Nc2cc(C(=O)O)ccc2Cl)c2ccccc2)cc1. The lowest BCUT2D eigenvalue weighted by Crippen LogP contribution is -2.19. The molecule has 0 saturated heterocycles. The zero-order valence-electron chi connectivity index (χ0n) is 14.6. The van der Waals surface area contributed by atoms with Gasteiger partial charge in [0.1, 0.15) is 5.25 Å². The Bertz CT molecular complexity index is 994. The van der Waals surface area contributed by atoms with Crippen molar-refractivity contribution in [1.29, 1.82) is 0 Å². The lowest BCUT2D eigenvalue weighted by atomic mass is 10.1. The van der Waals surface area contributed by atoms with Gasteiger partial charge in [0.2, 0.25) is 5.91 Å². The molecule has 0 aromatic heterocycles. The molecule has 4 N–H and O–H groups in total. The molecule has 0 aliphatic heterocycles. The molecule has 0 saturated carbocycles. The average Bonchev–Trinajstić information content (AvgIpc) is 2.69. The summed E-state index contributed by atoms with van der Waals surface area (Å²) in [6.45, 7) is 0. The van der Waals surface area contributed by atoms with Gasteiger partial charge in [0.05, 0.1) is 16.3 Å². The topological polar surface area (TPSA) is 92.4 Å². The molecule has 0 bridgehead atoms. The van der Waals surface area contributed by atoms with Crippen LogP contribution in [-0.2, 0) is 4.79 Å². The number of rotatable bonds is 6. The van der Waals surface area contributed by atoms with Crippen LogP contribution in [0.3, 0.4) is 0 Å². The summed E-state index contributed by atoms with van der Waals surface area (Å²) in [5.41, 5.74) is 7.49. The minimum atomic E-state index is -1.09. The predicted octanol–water partition coefficient (Wildman–Crippen LogP) is 5.09. The van der Waals surface area contributed by atoms with Gasteiger partial charge in [-0.3, -0.25) is 4.79 Å². The van der Waals surface area contributed by atoms with E-state index in [0.717, 1.165) is 10.5 Å². The van der Waals surface area contributed by atoms with Gasteiger partial charge >= 0.3 is 5.97 Å². The summed E-state index contributed by atoms with van der Waals surface area (Å²) in [6, 6.07) is 20.7. The first-order valence-electron chi connectivity index (χ1n) is 8.35. The fraction of sp³-hybridized carbons (Fsp3) is 0.0476. The Morgan fingerprint density at radius 2 is 1.68 bits per heavy atom. The van der Waals surface area contributed by atoms with Crippen molar-refractivity contribution in [2.24, 2.45) is 0 Å². The first-order chi connectivity index (χ1) is 13.4. The number of nitrogens with two attached hydrogens (primary N) is 1. The minimum absolute atomic E-state index is 0.0437. The second kappa shape index (κ2) is 8.82. The van der Waals surface area contributed by atoms with E-state index in [1.807, 2.05) is 42.5 Å². The zero-order chi connectivity index (χ0) is 20.1. The maximum atomic E-state index is 13.1. The van der Waals surface area contributed by atoms with Crippen molar-refractivity contribution in [2.75, 3.05) is 11.1 Å². The first kappa shape index (κ1) is 19.8. The smallest absolute Gasteiger partial charge is 0.335 e. The third-order valence-electron chi connectivity index (χ3n) is 3.95. The normalized spacial score (nSPS) is 11.6. The lowest BCUT2D eigenvalue weighted by Gasteiger charge is -2.18. The van der Waals surface area contributed by atoms with E-state index in [-0.39, 0.29) is 22.2 Å². The summed E-state index contributed by atoms with van der Waals surface area (Å²) in [6.07, 6.45) is 0. The highest BCUT2D eigenvalue weighted by Gasteiger charge is 2.23. The molecule has 0 spiro atoms. The van der Waals surface area contributed by atoms with E-state index in [1.54, 1.807) is 12.1 Å². The molecule has 7 heteroatoms. The molecule has 5 nitrogen and oxygen atoms in total. The summed E-state index contributed by atoms with van der Waals surface area (Å²) in [7, 11) is 0. The highest BCUT2D eigenvalue weighted by molar-refractivity contribution is 8.00. The van der Waals surface area contributed by atoms with Crippen molar-refractivity contribution in [2.45, 2.75) is 10.1 Å². The number of nitrogens with one attached hydrogen (secondary N) is 1. The number of nitrogen functional groups attached to an aromatic ring is 1. The van der Waals surface area contributed by atoms with Crippen LogP contribution in [0.5, 0.6) is 0 Å². The van der Waals surface area contributed by atoms with Crippen LogP contribution in [-0.4, -0.2) is 17.0 Å². The van der Waals surface area contributed by atoms with Crippen LogP contribution >= 0.6 is 23.4 Å². The van der Waals surface area contributed by atoms with Crippen molar-refractivity contribution < 1.29 is 14.7 Å². The number of thioether (sulfide) groups is 1. The van der Waals surface area contributed by atoms with E-state index in [2.05, 4.69) is 5.32 Å². The summed E-state index contributed by atoms with van der Waals surface area (Å²) < 4.78 is 0. The van der Waals surface area contributed by atoms with Gasteiger partial charge in [-0.2, -0.15) is 0 Å².